The smallest absolute Gasteiger partial charge is 0.370 e. The number of hydrogen-bond acceptors (Lipinski definition) is 9. The van der Waals surface area contributed by atoms with Gasteiger partial charge in [-0.3, -0.25) is 4.79 Å². The third-order valence-electron chi connectivity index (χ3n) is 5.24. The Balaban J connectivity index is 2.28. The molecule has 2 aromatic rings. The Hall–Kier alpha value is -3.66. The second-order valence-electron chi connectivity index (χ2n) is 7.87. The molecule has 1 aliphatic heterocycles. The third kappa shape index (κ3) is 4.61. The highest BCUT2D eigenvalue weighted by Gasteiger charge is 2.45. The van der Waals surface area contributed by atoms with E-state index < -0.39 is 60.6 Å². The average Bonchev–Trinajstić information content (AvgIpc) is 3.18. The number of ether oxygens (including phenoxy) is 1. The lowest BCUT2D eigenvalue weighted by Crippen LogP contribution is -2.59. The summed E-state index contributed by atoms with van der Waals surface area (Å²) in [6.07, 6.45) is -4.33. The molecule has 1 amide bonds. The first-order valence-electron chi connectivity index (χ1n) is 10.5. The van der Waals surface area contributed by atoms with Crippen LogP contribution in [0.1, 0.15) is 25.6 Å². The van der Waals surface area contributed by atoms with Gasteiger partial charge in [0.05, 0.1) is 24.2 Å². The van der Waals surface area contributed by atoms with Crippen LogP contribution in [0.5, 0.6) is 5.75 Å². The number of aromatic hydroxyl groups is 1. The van der Waals surface area contributed by atoms with Crippen molar-refractivity contribution >= 4 is 22.8 Å². The lowest BCUT2D eigenvalue weighted by atomic mass is 9.91. The molecule has 0 radical (unpaired) electrons. The Kier molecular flexibility index (Phi) is 6.45. The number of nitriles is 1. The van der Waals surface area contributed by atoms with E-state index in [0.717, 1.165) is 10.8 Å². The number of aliphatic hydroxyl groups is 3. The van der Waals surface area contributed by atoms with Gasteiger partial charge >= 0.3 is 5.97 Å². The van der Waals surface area contributed by atoms with E-state index in [1.165, 1.54) is 32.0 Å². The first-order valence-corrected chi connectivity index (χ1v) is 10.0. The Bertz CT molecular complexity index is 1170. The summed E-state index contributed by atoms with van der Waals surface area (Å²) < 4.78 is 14.9. The van der Waals surface area contributed by atoms with Crippen LogP contribution in [0.3, 0.4) is 0 Å². The van der Waals surface area contributed by atoms with Crippen LogP contribution in [0, 0.1) is 17.2 Å². The van der Waals surface area contributed by atoms with Crippen LogP contribution in [-0.2, 0) is 14.3 Å². The maximum atomic E-state index is 12.7. The predicted octanol–water partition coefficient (Wildman–Crippen LogP) is -0.623. The number of hydrogen-bond donors (Lipinski definition) is 6. The number of rotatable bonds is 7. The summed E-state index contributed by atoms with van der Waals surface area (Å²) >= 11 is 0. The minimum atomic E-state index is -1.91. The number of aromatic nitrogens is 2. The van der Waals surface area contributed by atoms with E-state index in [1.807, 2.05) is 6.07 Å². The molecule has 1 aliphatic rings. The molecule has 2 heterocycles. The average molecular weight is 461 g/mol. The van der Waals surface area contributed by atoms with Crippen molar-refractivity contribution in [2.45, 2.75) is 44.2 Å². The van der Waals surface area contributed by atoms with Crippen molar-refractivity contribution in [3.05, 3.63) is 35.7 Å². The van der Waals surface area contributed by atoms with Gasteiger partial charge in [-0.25, -0.2) is 9.48 Å². The zero-order valence-electron chi connectivity index (χ0n) is 18.7. The van der Waals surface area contributed by atoms with Gasteiger partial charge in [-0.1, -0.05) is 13.8 Å². The minimum Gasteiger partial charge on any atom is -0.508 e. The van der Waals surface area contributed by atoms with Gasteiger partial charge in [0.2, 0.25) is 11.7 Å². The molecule has 0 fully saturated rings. The molecule has 176 valence electrons. The number of phenolic OH excluding ortho intramolecular Hbond substituents is 1. The summed E-state index contributed by atoms with van der Waals surface area (Å²) in [5.74, 6) is -3.75. The Morgan fingerprint density at radius 1 is 1.39 bits per heavy atom. The number of nitrogens with one attached hydrogen (secondary N) is 1. The molecule has 0 bridgehead atoms. The zero-order valence-corrected chi connectivity index (χ0v) is 17.7. The van der Waals surface area contributed by atoms with Gasteiger partial charge in [0.25, 0.3) is 0 Å². The fourth-order valence-corrected chi connectivity index (χ4v) is 3.50. The highest BCUT2D eigenvalue weighted by atomic mass is 16.5. The number of phenols is 1. The van der Waals surface area contributed by atoms with Gasteiger partial charge in [-0.05, 0) is 24.3 Å². The summed E-state index contributed by atoms with van der Waals surface area (Å²) in [4.78, 5) is 24.5. The van der Waals surface area contributed by atoms with Gasteiger partial charge in [-0.2, -0.15) is 10.4 Å². The first kappa shape index (κ1) is 22.5. The fraction of sp³-hybridized carbons (Fsp3) is 0.429. The van der Waals surface area contributed by atoms with Crippen LogP contribution in [0.25, 0.3) is 10.9 Å². The third-order valence-corrected chi connectivity index (χ3v) is 5.24. The van der Waals surface area contributed by atoms with E-state index in [-0.39, 0.29) is 22.3 Å². The number of carbonyl (C=O) groups excluding carboxylic acids is 1. The number of amides is 1. The number of carboxylic acids is 1. The number of aliphatic carboxylic acids is 1. The number of benzene rings is 1. The summed E-state index contributed by atoms with van der Waals surface area (Å²) in [5.41, 5.74) is 0.161. The number of carbonyl (C=O) groups is 2. The van der Waals surface area contributed by atoms with Gasteiger partial charge in [0, 0.05) is 11.3 Å². The maximum Gasteiger partial charge on any atom is 0.370 e. The lowest BCUT2D eigenvalue weighted by molar-refractivity contribution is -0.147. The summed E-state index contributed by atoms with van der Waals surface area (Å²) in [6.45, 7) is 2.15. The molecule has 33 heavy (non-hydrogen) atoms. The summed E-state index contributed by atoms with van der Waals surface area (Å²) in [7, 11) is 0. The minimum absolute atomic E-state index is 0.106. The summed E-state index contributed by atoms with van der Waals surface area (Å²) in [5, 5.41) is 64.3. The molecule has 0 unspecified atom stereocenters. The molecule has 12 nitrogen and oxygen atoms in total. The van der Waals surface area contributed by atoms with Gasteiger partial charge in [0.15, 0.2) is 1.41 Å². The topological polar surface area (TPSA) is 198 Å². The van der Waals surface area contributed by atoms with Gasteiger partial charge in [0.1, 0.15) is 35.8 Å². The quantitative estimate of drug-likeness (QED) is 0.309. The van der Waals surface area contributed by atoms with Crippen molar-refractivity contribution in [2.24, 2.45) is 5.92 Å². The van der Waals surface area contributed by atoms with Crippen LogP contribution < -0.4 is 5.31 Å². The van der Waals surface area contributed by atoms with Crippen molar-refractivity contribution in [1.82, 2.24) is 15.1 Å². The monoisotopic (exact) mass is 461 g/mol. The molecule has 5 atom stereocenters. The van der Waals surface area contributed by atoms with Crippen LogP contribution >= 0.6 is 0 Å². The Morgan fingerprint density at radius 2 is 2.09 bits per heavy atom. The number of nitrogens with zero attached hydrogens (tertiary/aromatic N) is 3. The molecule has 1 aromatic carbocycles. The predicted molar refractivity (Wildman–Crippen MR) is 112 cm³/mol. The zero-order chi connectivity index (χ0) is 25.3. The summed E-state index contributed by atoms with van der Waals surface area (Å²) in [6, 6.07) is 3.20. The van der Waals surface area contributed by atoms with E-state index in [9.17, 15) is 40.4 Å². The SMILES string of the molecule is [2H]N(C(=O)C(C)C)[C@H]1[C@H]([C@H](O)[C@H](O)CO)OC(C(=O)O)=C[C@@H]1n1nc2ccc(O)cc2c1C#N. The molecule has 6 N–H and O–H groups in total. The van der Waals surface area contributed by atoms with Crippen molar-refractivity contribution in [1.29, 1.82) is 5.26 Å². The lowest BCUT2D eigenvalue weighted by Gasteiger charge is -2.40. The first-order chi connectivity index (χ1) is 16.0. The second-order valence-corrected chi connectivity index (χ2v) is 7.87. The van der Waals surface area contributed by atoms with Crippen molar-refractivity contribution in [2.75, 3.05) is 6.61 Å². The molecule has 12 heteroatoms. The maximum absolute atomic E-state index is 12.7. The highest BCUT2D eigenvalue weighted by Crippen LogP contribution is 2.33. The Morgan fingerprint density at radius 3 is 2.67 bits per heavy atom. The molecular weight excluding hydrogens is 436 g/mol. The van der Waals surface area contributed by atoms with Crippen molar-refractivity contribution in [3.8, 4) is 11.8 Å². The van der Waals surface area contributed by atoms with E-state index >= 15 is 0 Å². The van der Waals surface area contributed by atoms with E-state index in [4.69, 9.17) is 6.15 Å². The standard InChI is InChI=1S/C21H24N4O8/c1-9(2)20(30)23-17-13(6-16(21(31)32)33-19(17)18(29)15(28)8-26)25-14(7-22)11-5-10(27)3-4-12(11)24-25/h3-6,9,13,15,17-19,26-29H,8H2,1-2H3,(H,23,30)(H,31,32)/t13-,15+,17+,18+,19+/m0/s1/i/hD. The van der Waals surface area contributed by atoms with E-state index in [0.29, 0.717) is 5.31 Å². The van der Waals surface area contributed by atoms with E-state index in [1.54, 1.807) is 0 Å². The number of aliphatic hydroxyl groups excluding tert-OH is 3. The molecule has 1 aromatic heterocycles. The van der Waals surface area contributed by atoms with Crippen LogP contribution in [0.15, 0.2) is 30.0 Å². The highest BCUT2D eigenvalue weighted by molar-refractivity contribution is 5.86. The van der Waals surface area contributed by atoms with Gasteiger partial charge < -0.3 is 35.6 Å². The van der Waals surface area contributed by atoms with Crippen LogP contribution in [0.4, 0.5) is 0 Å². The second kappa shape index (κ2) is 9.45. The van der Waals surface area contributed by atoms with Crippen LogP contribution in [0.2, 0.25) is 1.41 Å². The Labute approximate surface area is 189 Å². The molecular formula is C21H24N4O8. The number of carboxylic acid groups (broad SMARTS) is 1. The van der Waals surface area contributed by atoms with Crippen LogP contribution in [-0.4, -0.2) is 78.2 Å². The normalized spacial score (nSPS) is 22.6. The van der Waals surface area contributed by atoms with Crippen molar-refractivity contribution < 1.29 is 41.3 Å². The van der Waals surface area contributed by atoms with Gasteiger partial charge in [-0.15, -0.1) is 0 Å². The largest absolute Gasteiger partial charge is 0.508 e. The molecule has 0 aliphatic carbocycles. The molecule has 0 saturated heterocycles. The molecule has 0 spiro atoms. The van der Waals surface area contributed by atoms with Crippen molar-refractivity contribution in [3.63, 3.8) is 0 Å². The van der Waals surface area contributed by atoms with E-state index in [2.05, 4.69) is 5.10 Å². The molecule has 3 rings (SSSR count). The number of fused-ring (bicyclic) bond motifs is 1. The fourth-order valence-electron chi connectivity index (χ4n) is 3.50. The molecule has 0 saturated carbocycles.